The standard InChI is InChI=1S/C11H8F2N2O2S/c12-7-1-2-8(13)6(3-7)4-14-11-15-5-9(18-11)10(16)17/h1-3,5H,4H2,(H,14,15)(H,16,17). The van der Waals surface area contributed by atoms with Crippen LogP contribution >= 0.6 is 11.3 Å². The number of hydrogen-bond donors (Lipinski definition) is 2. The smallest absolute Gasteiger partial charge is 0.347 e. The Labute approximate surface area is 105 Å². The lowest BCUT2D eigenvalue weighted by atomic mass is 10.2. The highest BCUT2D eigenvalue weighted by molar-refractivity contribution is 7.17. The summed E-state index contributed by atoms with van der Waals surface area (Å²) in [4.78, 5) is 14.5. The predicted molar refractivity (Wildman–Crippen MR) is 62.8 cm³/mol. The van der Waals surface area contributed by atoms with Gasteiger partial charge in [-0.05, 0) is 18.2 Å². The van der Waals surface area contributed by atoms with Gasteiger partial charge in [-0.25, -0.2) is 18.6 Å². The molecule has 0 bridgehead atoms. The van der Waals surface area contributed by atoms with E-state index in [2.05, 4.69) is 10.3 Å². The molecule has 2 aromatic rings. The molecule has 2 rings (SSSR count). The minimum absolute atomic E-state index is 0.0379. The van der Waals surface area contributed by atoms with Gasteiger partial charge in [-0.1, -0.05) is 11.3 Å². The fourth-order valence-corrected chi connectivity index (χ4v) is 1.96. The van der Waals surface area contributed by atoms with Gasteiger partial charge in [-0.15, -0.1) is 0 Å². The number of carbonyl (C=O) groups is 1. The van der Waals surface area contributed by atoms with Gasteiger partial charge in [-0.2, -0.15) is 0 Å². The van der Waals surface area contributed by atoms with E-state index in [1.165, 1.54) is 6.20 Å². The van der Waals surface area contributed by atoms with Crippen molar-refractivity contribution in [3.63, 3.8) is 0 Å². The van der Waals surface area contributed by atoms with Crippen molar-refractivity contribution in [1.29, 1.82) is 0 Å². The molecule has 0 saturated carbocycles. The summed E-state index contributed by atoms with van der Waals surface area (Å²) in [5.74, 6) is -2.13. The van der Waals surface area contributed by atoms with E-state index in [0.29, 0.717) is 5.13 Å². The number of thiazole rings is 1. The van der Waals surface area contributed by atoms with Crippen LogP contribution in [-0.2, 0) is 6.54 Å². The number of nitrogens with one attached hydrogen (secondary N) is 1. The maximum absolute atomic E-state index is 13.3. The Balaban J connectivity index is 2.06. The summed E-state index contributed by atoms with van der Waals surface area (Å²) in [6, 6.07) is 3.15. The van der Waals surface area contributed by atoms with Crippen LogP contribution in [0.4, 0.5) is 13.9 Å². The van der Waals surface area contributed by atoms with Crippen molar-refractivity contribution in [2.24, 2.45) is 0 Å². The van der Waals surface area contributed by atoms with Crippen molar-refractivity contribution in [3.8, 4) is 0 Å². The van der Waals surface area contributed by atoms with Gasteiger partial charge in [-0.3, -0.25) is 0 Å². The molecule has 0 unspecified atom stereocenters. The zero-order valence-electron chi connectivity index (χ0n) is 8.98. The molecule has 0 aliphatic carbocycles. The number of aromatic carboxylic acids is 1. The molecule has 18 heavy (non-hydrogen) atoms. The Morgan fingerprint density at radius 1 is 1.44 bits per heavy atom. The van der Waals surface area contributed by atoms with Gasteiger partial charge in [0.25, 0.3) is 0 Å². The van der Waals surface area contributed by atoms with Crippen molar-refractivity contribution in [2.45, 2.75) is 6.54 Å². The van der Waals surface area contributed by atoms with Crippen LogP contribution in [-0.4, -0.2) is 16.1 Å². The monoisotopic (exact) mass is 270 g/mol. The number of carboxylic acid groups (broad SMARTS) is 1. The SMILES string of the molecule is O=C(O)c1cnc(NCc2cc(F)ccc2F)s1. The summed E-state index contributed by atoms with van der Waals surface area (Å²) in [7, 11) is 0. The molecule has 0 atom stereocenters. The summed E-state index contributed by atoms with van der Waals surface area (Å²) >= 11 is 0.932. The Morgan fingerprint density at radius 3 is 2.89 bits per heavy atom. The van der Waals surface area contributed by atoms with Crippen molar-refractivity contribution in [3.05, 3.63) is 46.5 Å². The van der Waals surface area contributed by atoms with E-state index in [-0.39, 0.29) is 17.0 Å². The van der Waals surface area contributed by atoms with E-state index in [9.17, 15) is 13.6 Å². The molecular weight excluding hydrogens is 262 g/mol. The first-order valence-electron chi connectivity index (χ1n) is 4.93. The van der Waals surface area contributed by atoms with Gasteiger partial charge in [0.2, 0.25) is 0 Å². The van der Waals surface area contributed by atoms with E-state index < -0.39 is 17.6 Å². The molecule has 1 heterocycles. The van der Waals surface area contributed by atoms with Crippen LogP contribution in [0.15, 0.2) is 24.4 Å². The van der Waals surface area contributed by atoms with Gasteiger partial charge in [0.1, 0.15) is 16.5 Å². The summed E-state index contributed by atoms with van der Waals surface area (Å²) in [6.45, 7) is 0.0379. The summed E-state index contributed by atoms with van der Waals surface area (Å²) in [5, 5.41) is 11.8. The molecule has 1 aromatic carbocycles. The predicted octanol–water partition coefficient (Wildman–Crippen LogP) is 2.73. The van der Waals surface area contributed by atoms with Crippen LogP contribution in [0.5, 0.6) is 0 Å². The minimum Gasteiger partial charge on any atom is -0.477 e. The second kappa shape index (κ2) is 5.09. The summed E-state index contributed by atoms with van der Waals surface area (Å²) < 4.78 is 26.2. The molecule has 0 aliphatic rings. The third-order valence-corrected chi connectivity index (χ3v) is 3.10. The largest absolute Gasteiger partial charge is 0.477 e. The van der Waals surface area contributed by atoms with Crippen LogP contribution in [0.3, 0.4) is 0 Å². The maximum Gasteiger partial charge on any atom is 0.347 e. The quantitative estimate of drug-likeness (QED) is 0.896. The molecule has 0 aliphatic heterocycles. The second-order valence-corrected chi connectivity index (χ2v) is 4.45. The number of benzene rings is 1. The first-order valence-corrected chi connectivity index (χ1v) is 5.75. The van der Waals surface area contributed by atoms with E-state index >= 15 is 0 Å². The molecule has 0 amide bonds. The summed E-state index contributed by atoms with van der Waals surface area (Å²) in [5.41, 5.74) is 0.155. The summed E-state index contributed by atoms with van der Waals surface area (Å²) in [6.07, 6.45) is 1.21. The number of carboxylic acids is 1. The zero-order valence-corrected chi connectivity index (χ0v) is 9.80. The molecule has 0 fully saturated rings. The average molecular weight is 270 g/mol. The molecule has 2 N–H and O–H groups in total. The third kappa shape index (κ3) is 2.80. The van der Waals surface area contributed by atoms with Crippen LogP contribution in [0.25, 0.3) is 0 Å². The molecule has 4 nitrogen and oxygen atoms in total. The number of hydrogen-bond acceptors (Lipinski definition) is 4. The second-order valence-electron chi connectivity index (χ2n) is 3.42. The number of rotatable bonds is 4. The van der Waals surface area contributed by atoms with E-state index in [4.69, 9.17) is 5.11 Å². The lowest BCUT2D eigenvalue weighted by molar-refractivity contribution is 0.0702. The average Bonchev–Trinajstić information content (AvgIpc) is 2.79. The van der Waals surface area contributed by atoms with Gasteiger partial charge >= 0.3 is 5.97 Å². The van der Waals surface area contributed by atoms with Crippen molar-refractivity contribution in [1.82, 2.24) is 4.98 Å². The van der Waals surface area contributed by atoms with E-state index in [1.54, 1.807) is 0 Å². The first-order chi connectivity index (χ1) is 8.56. The van der Waals surface area contributed by atoms with Gasteiger partial charge < -0.3 is 10.4 Å². The highest BCUT2D eigenvalue weighted by Crippen LogP contribution is 2.19. The van der Waals surface area contributed by atoms with Gasteiger partial charge in [0, 0.05) is 12.1 Å². The minimum atomic E-state index is -1.07. The molecule has 7 heteroatoms. The van der Waals surface area contributed by atoms with Gasteiger partial charge in [0.15, 0.2) is 5.13 Å². The Bertz CT molecular complexity index is 586. The van der Waals surface area contributed by atoms with Crippen molar-refractivity contribution in [2.75, 3.05) is 5.32 Å². The van der Waals surface area contributed by atoms with Crippen molar-refractivity contribution < 1.29 is 18.7 Å². The lowest BCUT2D eigenvalue weighted by Gasteiger charge is -2.04. The number of anilines is 1. The third-order valence-electron chi connectivity index (χ3n) is 2.15. The molecule has 1 aromatic heterocycles. The highest BCUT2D eigenvalue weighted by Gasteiger charge is 2.09. The molecular formula is C11H8F2N2O2S. The zero-order chi connectivity index (χ0) is 13.1. The normalized spacial score (nSPS) is 10.3. The fraction of sp³-hybridized carbons (Fsp3) is 0.0909. The Hall–Kier alpha value is -2.02. The van der Waals surface area contributed by atoms with E-state index in [0.717, 1.165) is 29.5 Å². The Kier molecular flexibility index (Phi) is 3.52. The maximum atomic E-state index is 13.3. The van der Waals surface area contributed by atoms with Crippen LogP contribution < -0.4 is 5.32 Å². The van der Waals surface area contributed by atoms with Gasteiger partial charge in [0.05, 0.1) is 6.20 Å². The topological polar surface area (TPSA) is 62.2 Å². The number of halogens is 2. The number of nitrogens with zero attached hydrogens (tertiary/aromatic N) is 1. The van der Waals surface area contributed by atoms with Crippen LogP contribution in [0.2, 0.25) is 0 Å². The van der Waals surface area contributed by atoms with Crippen molar-refractivity contribution >= 4 is 22.4 Å². The fourth-order valence-electron chi connectivity index (χ4n) is 1.30. The first kappa shape index (κ1) is 12.4. The molecule has 0 radical (unpaired) electrons. The molecule has 0 saturated heterocycles. The van der Waals surface area contributed by atoms with Crippen LogP contribution in [0.1, 0.15) is 15.2 Å². The Morgan fingerprint density at radius 2 is 2.22 bits per heavy atom. The van der Waals surface area contributed by atoms with E-state index in [1.807, 2.05) is 0 Å². The van der Waals surface area contributed by atoms with Crippen LogP contribution in [0, 0.1) is 11.6 Å². The number of aromatic nitrogens is 1. The highest BCUT2D eigenvalue weighted by atomic mass is 32.1. The lowest BCUT2D eigenvalue weighted by Crippen LogP contribution is -2.01. The molecule has 0 spiro atoms. The molecule has 94 valence electrons.